The summed E-state index contributed by atoms with van der Waals surface area (Å²) in [6.45, 7) is 3.19. The molecule has 0 spiro atoms. The minimum absolute atomic E-state index is 0.250. The summed E-state index contributed by atoms with van der Waals surface area (Å²) in [5.41, 5.74) is 9.74. The molecule has 0 radical (unpaired) electrons. The van der Waals surface area contributed by atoms with Crippen molar-refractivity contribution in [2.45, 2.75) is 32.2 Å². The molecule has 1 saturated heterocycles. The molecule has 6 heteroatoms. The van der Waals surface area contributed by atoms with Crippen LogP contribution in [-0.2, 0) is 24.2 Å². The van der Waals surface area contributed by atoms with Gasteiger partial charge in [0.15, 0.2) is 0 Å². The smallest absolute Gasteiger partial charge is 0.204 e. The van der Waals surface area contributed by atoms with E-state index in [-0.39, 0.29) is 6.41 Å². The summed E-state index contributed by atoms with van der Waals surface area (Å²) in [6, 6.07) is 17.1. The van der Waals surface area contributed by atoms with Crippen molar-refractivity contribution in [1.29, 1.82) is 0 Å². The Hall–Kier alpha value is -2.70. The highest BCUT2D eigenvalue weighted by atomic mass is 32.2. The minimum atomic E-state index is 0.250. The van der Waals surface area contributed by atoms with Crippen molar-refractivity contribution in [2.75, 3.05) is 20.2 Å². The summed E-state index contributed by atoms with van der Waals surface area (Å²) in [6.07, 6.45) is 9.19. The van der Waals surface area contributed by atoms with Crippen LogP contribution in [0.3, 0.4) is 0 Å². The summed E-state index contributed by atoms with van der Waals surface area (Å²) in [5, 5.41) is 3.59. The van der Waals surface area contributed by atoms with Crippen molar-refractivity contribution in [2.24, 2.45) is 5.73 Å². The zero-order valence-corrected chi connectivity index (χ0v) is 18.9. The fourth-order valence-electron chi connectivity index (χ4n) is 3.84. The maximum atomic E-state index is 8.58. The highest BCUT2D eigenvalue weighted by Gasteiger charge is 2.19. The lowest BCUT2D eigenvalue weighted by atomic mass is 10.0. The largest absolute Gasteiger partial charge is 0.496 e. The molecule has 5 nitrogen and oxygen atoms in total. The van der Waals surface area contributed by atoms with E-state index in [0.717, 1.165) is 44.6 Å². The van der Waals surface area contributed by atoms with Gasteiger partial charge in [-0.3, -0.25) is 4.79 Å². The van der Waals surface area contributed by atoms with E-state index in [4.69, 9.17) is 9.53 Å². The van der Waals surface area contributed by atoms with Crippen LogP contribution in [0.4, 0.5) is 0 Å². The van der Waals surface area contributed by atoms with E-state index in [1.54, 1.807) is 7.11 Å². The molecular weight excluding hydrogens is 406 g/mol. The lowest BCUT2D eigenvalue weighted by Crippen LogP contribution is -2.25. The van der Waals surface area contributed by atoms with Gasteiger partial charge in [-0.25, -0.2) is 4.31 Å². The lowest BCUT2D eigenvalue weighted by Gasteiger charge is -2.28. The Bertz CT molecular complexity index is 918. The summed E-state index contributed by atoms with van der Waals surface area (Å²) in [4.78, 5) is 9.94. The Labute approximate surface area is 189 Å². The number of fused-ring (bicyclic) bond motifs is 1. The number of carbonyl (C=O) groups is 1. The average Bonchev–Trinajstić information content (AvgIpc) is 3.34. The minimum Gasteiger partial charge on any atom is -0.496 e. The number of nitrogens with one attached hydrogen (secondary N) is 1. The highest BCUT2D eigenvalue weighted by Crippen LogP contribution is 2.32. The molecule has 2 aromatic carbocycles. The van der Waals surface area contributed by atoms with Crippen LogP contribution >= 0.6 is 11.9 Å². The third-order valence-electron chi connectivity index (χ3n) is 5.36. The first-order valence-electron chi connectivity index (χ1n) is 10.7. The molecule has 1 fully saturated rings. The van der Waals surface area contributed by atoms with Crippen LogP contribution in [0, 0.1) is 0 Å². The first kappa shape index (κ1) is 23.0. The van der Waals surface area contributed by atoms with Crippen molar-refractivity contribution < 1.29 is 9.53 Å². The van der Waals surface area contributed by atoms with Gasteiger partial charge in [0.1, 0.15) is 5.75 Å². The molecule has 0 saturated carbocycles. The number of rotatable bonds is 6. The number of methoxy groups -OCH3 is 1. The van der Waals surface area contributed by atoms with Gasteiger partial charge < -0.3 is 15.8 Å². The zero-order chi connectivity index (χ0) is 21.9. The fourth-order valence-corrected chi connectivity index (χ4v) is 4.95. The number of hydrogen-bond acceptors (Lipinski definition) is 5. The first-order chi connectivity index (χ1) is 15.2. The predicted molar refractivity (Wildman–Crippen MR) is 128 cm³/mol. The number of para-hydroxylation sites is 1. The second kappa shape index (κ2) is 12.2. The Morgan fingerprint density at radius 3 is 2.65 bits per heavy atom. The number of benzene rings is 2. The van der Waals surface area contributed by atoms with Crippen LogP contribution in [0.1, 0.15) is 29.5 Å². The number of amides is 1. The van der Waals surface area contributed by atoms with Gasteiger partial charge in [-0.05, 0) is 66.5 Å². The molecule has 164 valence electrons. The van der Waals surface area contributed by atoms with Crippen LogP contribution in [0.15, 0.2) is 71.3 Å². The molecule has 2 aliphatic heterocycles. The van der Waals surface area contributed by atoms with Gasteiger partial charge in [0.05, 0.1) is 7.11 Å². The number of carbonyl (C=O) groups excluding carboxylic acids is 1. The van der Waals surface area contributed by atoms with Crippen LogP contribution < -0.4 is 15.8 Å². The summed E-state index contributed by atoms with van der Waals surface area (Å²) in [5.74, 6) is 0.959. The van der Waals surface area contributed by atoms with Crippen LogP contribution in [0.2, 0.25) is 0 Å². The average molecular weight is 438 g/mol. The third kappa shape index (κ3) is 6.64. The van der Waals surface area contributed by atoms with Gasteiger partial charge in [0, 0.05) is 30.2 Å². The maximum Gasteiger partial charge on any atom is 0.204 e. The van der Waals surface area contributed by atoms with Crippen molar-refractivity contribution >= 4 is 18.4 Å². The Balaban J connectivity index is 0.000000858. The quantitative estimate of drug-likeness (QED) is 0.524. The predicted octanol–water partition coefficient (Wildman–Crippen LogP) is 4.20. The van der Waals surface area contributed by atoms with Crippen molar-refractivity contribution in [3.05, 3.63) is 88.0 Å². The van der Waals surface area contributed by atoms with E-state index < -0.39 is 0 Å². The lowest BCUT2D eigenvalue weighted by molar-refractivity contribution is -0.106. The number of ether oxygens (including phenoxy) is 1. The number of hydrogen-bond donors (Lipinski definition) is 2. The molecule has 2 aromatic rings. The SMILES string of the molecule is COc1ccccc1C/C=C/C(SN1CCc2ccccc2C1)=C1/CCCN1.NC=O. The maximum absolute atomic E-state index is 8.58. The summed E-state index contributed by atoms with van der Waals surface area (Å²) in [7, 11) is 1.74. The van der Waals surface area contributed by atoms with Crippen LogP contribution in [-0.4, -0.2) is 30.9 Å². The Morgan fingerprint density at radius 1 is 1.16 bits per heavy atom. The Kier molecular flexibility index (Phi) is 9.06. The second-order valence-corrected chi connectivity index (χ2v) is 8.54. The number of nitrogens with zero attached hydrogens (tertiary/aromatic N) is 1. The summed E-state index contributed by atoms with van der Waals surface area (Å²) < 4.78 is 7.98. The van der Waals surface area contributed by atoms with Crippen molar-refractivity contribution in [1.82, 2.24) is 9.62 Å². The number of allylic oxidation sites excluding steroid dienone is 3. The first-order valence-corrected chi connectivity index (χ1v) is 11.4. The van der Waals surface area contributed by atoms with Crippen LogP contribution in [0.5, 0.6) is 5.75 Å². The molecule has 1 amide bonds. The zero-order valence-electron chi connectivity index (χ0n) is 18.0. The van der Waals surface area contributed by atoms with E-state index in [9.17, 15) is 0 Å². The Morgan fingerprint density at radius 2 is 1.90 bits per heavy atom. The van der Waals surface area contributed by atoms with E-state index in [2.05, 4.69) is 63.9 Å². The van der Waals surface area contributed by atoms with Gasteiger partial charge in [-0.2, -0.15) is 0 Å². The molecule has 2 heterocycles. The van der Waals surface area contributed by atoms with E-state index in [0.29, 0.717) is 0 Å². The van der Waals surface area contributed by atoms with E-state index in [1.165, 1.54) is 33.7 Å². The number of primary amides is 1. The third-order valence-corrected chi connectivity index (χ3v) is 6.51. The number of nitrogens with two attached hydrogens (primary N) is 1. The molecule has 0 bridgehead atoms. The fraction of sp³-hybridized carbons (Fsp3) is 0.320. The standard InChI is InChI=1S/C24H28N2OS.CH3NO/c1-27-23-13-5-4-9-20(23)11-6-14-24(22-12-7-16-25-22)28-26-17-15-19-8-2-3-10-21(19)18-26;2-1-3/h2-6,8-10,13-14,25H,7,11-12,15-18H2,1H3;1H,(H2,2,3)/b14-6+,24-22+;. The van der Waals surface area contributed by atoms with Crippen LogP contribution in [0.25, 0.3) is 0 Å². The molecule has 4 rings (SSSR count). The molecule has 2 aliphatic rings. The normalized spacial score (nSPS) is 17.3. The molecule has 0 aliphatic carbocycles. The van der Waals surface area contributed by atoms with Gasteiger partial charge in [0.25, 0.3) is 0 Å². The topological polar surface area (TPSA) is 67.6 Å². The molecule has 31 heavy (non-hydrogen) atoms. The molecule has 0 atom stereocenters. The molecule has 3 N–H and O–H groups in total. The molecular formula is C25H31N3O2S. The molecule has 0 aromatic heterocycles. The van der Waals surface area contributed by atoms with Gasteiger partial charge in [-0.1, -0.05) is 48.5 Å². The summed E-state index contributed by atoms with van der Waals surface area (Å²) >= 11 is 1.90. The molecule has 0 unspecified atom stereocenters. The van der Waals surface area contributed by atoms with Crippen molar-refractivity contribution in [3.8, 4) is 5.75 Å². The van der Waals surface area contributed by atoms with Gasteiger partial charge >= 0.3 is 0 Å². The van der Waals surface area contributed by atoms with Gasteiger partial charge in [-0.15, -0.1) is 0 Å². The van der Waals surface area contributed by atoms with Gasteiger partial charge in [0.2, 0.25) is 6.41 Å². The second-order valence-electron chi connectivity index (χ2n) is 7.40. The van der Waals surface area contributed by atoms with E-state index >= 15 is 0 Å². The van der Waals surface area contributed by atoms with E-state index in [1.807, 2.05) is 24.1 Å². The van der Waals surface area contributed by atoms with Crippen molar-refractivity contribution in [3.63, 3.8) is 0 Å². The monoisotopic (exact) mass is 437 g/mol. The highest BCUT2D eigenvalue weighted by molar-refractivity contribution is 8.01.